The first kappa shape index (κ1) is 15.2. The van der Waals surface area contributed by atoms with Gasteiger partial charge in [0.1, 0.15) is 13.2 Å². The third-order valence-corrected chi connectivity index (χ3v) is 4.07. The molecule has 1 aromatic heterocycles. The van der Waals surface area contributed by atoms with Crippen molar-refractivity contribution in [1.29, 1.82) is 0 Å². The molecule has 1 aliphatic rings. The van der Waals surface area contributed by atoms with Gasteiger partial charge in [-0.3, -0.25) is 4.79 Å². The second-order valence-corrected chi connectivity index (χ2v) is 5.92. The Balaban J connectivity index is 1.69. The molecule has 0 spiro atoms. The van der Waals surface area contributed by atoms with E-state index in [0.717, 1.165) is 37.2 Å². The van der Waals surface area contributed by atoms with Crippen molar-refractivity contribution in [2.45, 2.75) is 45.6 Å². The van der Waals surface area contributed by atoms with E-state index in [1.807, 2.05) is 17.7 Å². The molecule has 112 valence electrons. The van der Waals surface area contributed by atoms with Crippen LogP contribution in [0.2, 0.25) is 0 Å². The molecule has 4 nitrogen and oxygen atoms in total. The van der Waals surface area contributed by atoms with Crippen molar-refractivity contribution in [2.75, 3.05) is 13.2 Å². The van der Waals surface area contributed by atoms with Crippen LogP contribution in [0.15, 0.2) is 10.8 Å². The minimum Gasteiger partial charge on any atom is -0.485 e. The molecule has 0 bridgehead atoms. The van der Waals surface area contributed by atoms with E-state index in [9.17, 15) is 4.79 Å². The van der Waals surface area contributed by atoms with E-state index >= 15 is 0 Å². The highest BCUT2D eigenvalue weighted by molar-refractivity contribution is 7.08. The molecule has 0 saturated carbocycles. The summed E-state index contributed by atoms with van der Waals surface area (Å²) in [5.41, 5.74) is 0. The van der Waals surface area contributed by atoms with Gasteiger partial charge >= 0.3 is 5.97 Å². The van der Waals surface area contributed by atoms with Gasteiger partial charge in [0.25, 0.3) is 0 Å². The summed E-state index contributed by atoms with van der Waals surface area (Å²) in [7, 11) is 0. The average molecular weight is 298 g/mol. The highest BCUT2D eigenvalue weighted by Gasteiger charge is 2.24. The zero-order valence-corrected chi connectivity index (χ0v) is 12.9. The number of hydrogen-bond acceptors (Lipinski definition) is 5. The minimum absolute atomic E-state index is 0.0391. The van der Waals surface area contributed by atoms with Crippen LogP contribution < -0.4 is 9.47 Å². The third-order valence-electron chi connectivity index (χ3n) is 3.37. The molecule has 5 heteroatoms. The van der Waals surface area contributed by atoms with Crippen molar-refractivity contribution in [3.05, 3.63) is 10.8 Å². The van der Waals surface area contributed by atoms with Crippen LogP contribution in [0.3, 0.4) is 0 Å². The molecule has 2 rings (SSSR count). The lowest BCUT2D eigenvalue weighted by Gasteiger charge is -2.24. The number of hydrogen-bond donors (Lipinski definition) is 0. The maximum atomic E-state index is 11.9. The van der Waals surface area contributed by atoms with Gasteiger partial charge in [0, 0.05) is 10.8 Å². The monoisotopic (exact) mass is 298 g/mol. The average Bonchev–Trinajstić information content (AvgIpc) is 2.92. The van der Waals surface area contributed by atoms with Crippen LogP contribution in [-0.2, 0) is 9.53 Å². The van der Waals surface area contributed by atoms with E-state index in [-0.39, 0.29) is 24.6 Å². The third kappa shape index (κ3) is 4.13. The van der Waals surface area contributed by atoms with Gasteiger partial charge in [0.15, 0.2) is 17.6 Å². The van der Waals surface area contributed by atoms with Crippen LogP contribution in [0.4, 0.5) is 0 Å². The molecule has 0 N–H and O–H groups in total. The molecule has 0 radical (unpaired) electrons. The minimum atomic E-state index is -0.205. The van der Waals surface area contributed by atoms with Crippen molar-refractivity contribution in [3.63, 3.8) is 0 Å². The molecular formula is C15H22O4S. The second-order valence-electron chi connectivity index (χ2n) is 5.18. The standard InChI is InChI=1S/C15H22O4S/c1-3-4-5-6-11(2)15(16)18-8-12-7-17-13-9-20-10-14(13)19-12/h9-12H,3-8H2,1-2H3. The van der Waals surface area contributed by atoms with Gasteiger partial charge in [-0.2, -0.15) is 0 Å². The lowest BCUT2D eigenvalue weighted by Crippen LogP contribution is -2.34. The first-order chi connectivity index (χ1) is 9.70. The lowest BCUT2D eigenvalue weighted by molar-refractivity contribution is -0.151. The fourth-order valence-electron chi connectivity index (χ4n) is 2.08. The number of rotatable bonds is 7. The number of thiophene rings is 1. The van der Waals surface area contributed by atoms with Crippen LogP contribution in [0, 0.1) is 5.92 Å². The molecule has 2 unspecified atom stereocenters. The van der Waals surface area contributed by atoms with Crippen molar-refractivity contribution in [2.24, 2.45) is 5.92 Å². The van der Waals surface area contributed by atoms with Crippen molar-refractivity contribution < 1.29 is 19.0 Å². The number of ether oxygens (including phenoxy) is 3. The number of unbranched alkanes of at least 4 members (excludes halogenated alkanes) is 2. The van der Waals surface area contributed by atoms with E-state index in [1.54, 1.807) is 11.3 Å². The smallest absolute Gasteiger partial charge is 0.308 e. The number of esters is 1. The molecule has 1 aromatic rings. The van der Waals surface area contributed by atoms with Crippen molar-refractivity contribution in [3.8, 4) is 11.5 Å². The Labute approximate surface area is 124 Å². The largest absolute Gasteiger partial charge is 0.485 e. The molecule has 0 fully saturated rings. The summed E-state index contributed by atoms with van der Waals surface area (Å²) in [5, 5.41) is 3.81. The maximum absolute atomic E-state index is 11.9. The summed E-state index contributed by atoms with van der Waals surface area (Å²) in [6.45, 7) is 4.77. The molecule has 0 amide bonds. The van der Waals surface area contributed by atoms with Crippen molar-refractivity contribution >= 4 is 17.3 Å². The summed E-state index contributed by atoms with van der Waals surface area (Å²) in [5.74, 6) is 1.35. The number of carbonyl (C=O) groups is 1. The van der Waals surface area contributed by atoms with Crippen LogP contribution in [0.25, 0.3) is 0 Å². The van der Waals surface area contributed by atoms with Crippen LogP contribution in [0.5, 0.6) is 11.5 Å². The summed E-state index contributed by atoms with van der Waals surface area (Å²) in [6.07, 6.45) is 4.09. The van der Waals surface area contributed by atoms with E-state index in [1.165, 1.54) is 0 Å². The Bertz CT molecular complexity index is 429. The molecule has 20 heavy (non-hydrogen) atoms. The Kier molecular flexibility index (Phi) is 5.71. The zero-order chi connectivity index (χ0) is 14.4. The van der Waals surface area contributed by atoms with Crippen molar-refractivity contribution in [1.82, 2.24) is 0 Å². The first-order valence-corrected chi connectivity index (χ1v) is 8.17. The highest BCUT2D eigenvalue weighted by Crippen LogP contribution is 2.35. The highest BCUT2D eigenvalue weighted by atomic mass is 32.1. The van der Waals surface area contributed by atoms with Crippen LogP contribution in [-0.4, -0.2) is 25.3 Å². The van der Waals surface area contributed by atoms with Gasteiger partial charge in [0.2, 0.25) is 0 Å². The molecule has 0 saturated heterocycles. The second kappa shape index (κ2) is 7.53. The Morgan fingerprint density at radius 2 is 2.25 bits per heavy atom. The first-order valence-electron chi connectivity index (χ1n) is 7.23. The Morgan fingerprint density at radius 3 is 3.05 bits per heavy atom. The van der Waals surface area contributed by atoms with Gasteiger partial charge in [-0.1, -0.05) is 33.1 Å². The Hall–Kier alpha value is -1.23. The normalized spacial score (nSPS) is 18.6. The fourth-order valence-corrected chi connectivity index (χ4v) is 2.75. The quantitative estimate of drug-likeness (QED) is 0.569. The Morgan fingerprint density at radius 1 is 1.45 bits per heavy atom. The van der Waals surface area contributed by atoms with E-state index in [0.29, 0.717) is 6.61 Å². The predicted octanol–water partition coefficient (Wildman–Crippen LogP) is 3.65. The van der Waals surface area contributed by atoms with Gasteiger partial charge in [-0.25, -0.2) is 0 Å². The molecule has 1 aliphatic heterocycles. The topological polar surface area (TPSA) is 44.8 Å². The molecule has 0 aromatic carbocycles. The molecule has 2 heterocycles. The summed E-state index contributed by atoms with van der Waals surface area (Å²) >= 11 is 1.54. The SMILES string of the molecule is CCCCCC(C)C(=O)OCC1COc2cscc2O1. The van der Waals surface area contributed by atoms with Crippen LogP contribution in [0.1, 0.15) is 39.5 Å². The number of carbonyl (C=O) groups excluding carboxylic acids is 1. The van der Waals surface area contributed by atoms with Gasteiger partial charge in [0.05, 0.1) is 5.92 Å². The maximum Gasteiger partial charge on any atom is 0.308 e. The zero-order valence-electron chi connectivity index (χ0n) is 12.1. The van der Waals surface area contributed by atoms with E-state index in [2.05, 4.69) is 6.92 Å². The molecular weight excluding hydrogens is 276 g/mol. The summed E-state index contributed by atoms with van der Waals surface area (Å²) in [6, 6.07) is 0. The fraction of sp³-hybridized carbons (Fsp3) is 0.667. The molecule has 0 aliphatic carbocycles. The summed E-state index contributed by atoms with van der Waals surface area (Å²) < 4.78 is 16.6. The van der Waals surface area contributed by atoms with Gasteiger partial charge in [-0.05, 0) is 6.42 Å². The summed E-state index contributed by atoms with van der Waals surface area (Å²) in [4.78, 5) is 11.9. The van der Waals surface area contributed by atoms with Crippen LogP contribution >= 0.6 is 11.3 Å². The lowest BCUT2D eigenvalue weighted by atomic mass is 10.0. The molecule has 2 atom stereocenters. The predicted molar refractivity (Wildman–Crippen MR) is 78.5 cm³/mol. The number of fused-ring (bicyclic) bond motifs is 1. The van der Waals surface area contributed by atoms with Gasteiger partial charge < -0.3 is 14.2 Å². The van der Waals surface area contributed by atoms with Gasteiger partial charge in [-0.15, -0.1) is 11.3 Å². The van der Waals surface area contributed by atoms with E-state index in [4.69, 9.17) is 14.2 Å². The van der Waals surface area contributed by atoms with E-state index < -0.39 is 0 Å².